The van der Waals surface area contributed by atoms with Gasteiger partial charge in [0.1, 0.15) is 0 Å². The van der Waals surface area contributed by atoms with Gasteiger partial charge in [-0.3, -0.25) is 4.90 Å². The number of hydrogen-bond acceptors (Lipinski definition) is 5. The lowest BCUT2D eigenvalue weighted by Gasteiger charge is -2.30. The van der Waals surface area contributed by atoms with Gasteiger partial charge in [-0.2, -0.15) is 0 Å². The van der Waals surface area contributed by atoms with E-state index in [1.165, 1.54) is 0 Å². The highest BCUT2D eigenvalue weighted by molar-refractivity contribution is 5.56. The topological polar surface area (TPSA) is 51.2 Å². The van der Waals surface area contributed by atoms with Gasteiger partial charge < -0.3 is 19.3 Å². The highest BCUT2D eigenvalue weighted by Gasteiger charge is 2.18. The van der Waals surface area contributed by atoms with Crippen molar-refractivity contribution in [3.63, 3.8) is 0 Å². The normalized spacial score (nSPS) is 21.2. The lowest BCUT2D eigenvalue weighted by atomic mass is 10.0. The standard InChI is InChI=1S/C17H23NO4/c1-13(11-18-6-8-20-9-7-18)15(19)4-2-14-3-5-16-17(10-14)22-12-21-16/h2-5,10,13,15,19H,6-9,11-12H2,1H3/b4-2+. The van der Waals surface area contributed by atoms with E-state index in [4.69, 9.17) is 14.2 Å². The molecule has 1 aromatic rings. The molecule has 2 aliphatic rings. The molecule has 22 heavy (non-hydrogen) atoms. The van der Waals surface area contributed by atoms with Crippen LogP contribution in [-0.2, 0) is 4.74 Å². The maximum Gasteiger partial charge on any atom is 0.231 e. The van der Waals surface area contributed by atoms with Crippen LogP contribution in [0.2, 0.25) is 0 Å². The largest absolute Gasteiger partial charge is 0.454 e. The van der Waals surface area contributed by atoms with Crippen molar-refractivity contribution in [1.29, 1.82) is 0 Å². The van der Waals surface area contributed by atoms with Crippen LogP contribution in [0.4, 0.5) is 0 Å². The SMILES string of the molecule is CC(CN1CCOCC1)C(O)/C=C/c1ccc2c(c1)OCO2. The Labute approximate surface area is 131 Å². The lowest BCUT2D eigenvalue weighted by Crippen LogP contribution is -2.40. The van der Waals surface area contributed by atoms with Gasteiger partial charge in [0.25, 0.3) is 0 Å². The third-order valence-electron chi connectivity index (χ3n) is 4.12. The number of aliphatic hydroxyl groups excluding tert-OH is 1. The van der Waals surface area contributed by atoms with E-state index >= 15 is 0 Å². The molecule has 3 rings (SSSR count). The van der Waals surface area contributed by atoms with Gasteiger partial charge in [-0.15, -0.1) is 0 Å². The van der Waals surface area contributed by atoms with Crippen molar-refractivity contribution in [1.82, 2.24) is 4.90 Å². The highest BCUT2D eigenvalue weighted by atomic mass is 16.7. The summed E-state index contributed by atoms with van der Waals surface area (Å²) in [5.41, 5.74) is 1.00. The van der Waals surface area contributed by atoms with Crippen LogP contribution in [0, 0.1) is 5.92 Å². The third kappa shape index (κ3) is 3.80. The zero-order valence-electron chi connectivity index (χ0n) is 12.9. The molecule has 2 atom stereocenters. The molecule has 0 radical (unpaired) electrons. The Morgan fingerprint density at radius 3 is 2.82 bits per heavy atom. The number of rotatable bonds is 5. The quantitative estimate of drug-likeness (QED) is 0.898. The average molecular weight is 305 g/mol. The predicted octanol–water partition coefficient (Wildman–Crippen LogP) is 1.76. The van der Waals surface area contributed by atoms with Crippen LogP contribution in [0.5, 0.6) is 11.5 Å². The monoisotopic (exact) mass is 305 g/mol. The van der Waals surface area contributed by atoms with E-state index in [1.54, 1.807) is 0 Å². The number of fused-ring (bicyclic) bond motifs is 1. The molecule has 1 fully saturated rings. The molecule has 5 heteroatoms. The first-order valence-corrected chi connectivity index (χ1v) is 7.78. The molecule has 2 unspecified atom stereocenters. The first-order valence-electron chi connectivity index (χ1n) is 7.78. The lowest BCUT2D eigenvalue weighted by molar-refractivity contribution is 0.0217. The summed E-state index contributed by atoms with van der Waals surface area (Å²) < 4.78 is 16.0. The smallest absolute Gasteiger partial charge is 0.231 e. The molecule has 1 N–H and O–H groups in total. The molecular formula is C17H23NO4. The van der Waals surface area contributed by atoms with Crippen molar-refractivity contribution in [3.05, 3.63) is 29.8 Å². The van der Waals surface area contributed by atoms with E-state index < -0.39 is 6.10 Å². The molecule has 2 aliphatic heterocycles. The van der Waals surface area contributed by atoms with E-state index in [9.17, 15) is 5.11 Å². The van der Waals surface area contributed by atoms with Crippen LogP contribution < -0.4 is 9.47 Å². The minimum atomic E-state index is -0.465. The van der Waals surface area contributed by atoms with Crippen molar-refractivity contribution in [2.24, 2.45) is 5.92 Å². The Kier molecular flexibility index (Phi) is 4.97. The molecule has 120 valence electrons. The summed E-state index contributed by atoms with van der Waals surface area (Å²) in [6, 6.07) is 5.78. The van der Waals surface area contributed by atoms with E-state index in [0.29, 0.717) is 0 Å². The highest BCUT2D eigenvalue weighted by Crippen LogP contribution is 2.32. The minimum Gasteiger partial charge on any atom is -0.454 e. The number of benzene rings is 1. The second-order valence-corrected chi connectivity index (χ2v) is 5.85. The van der Waals surface area contributed by atoms with Crippen LogP contribution >= 0.6 is 0 Å². The fourth-order valence-corrected chi connectivity index (χ4v) is 2.72. The fourth-order valence-electron chi connectivity index (χ4n) is 2.72. The first kappa shape index (κ1) is 15.3. The Hall–Kier alpha value is -1.56. The Morgan fingerprint density at radius 1 is 1.23 bits per heavy atom. The summed E-state index contributed by atoms with van der Waals surface area (Å²) in [7, 11) is 0. The van der Waals surface area contributed by atoms with Gasteiger partial charge in [-0.25, -0.2) is 0 Å². The van der Waals surface area contributed by atoms with Gasteiger partial charge in [0.15, 0.2) is 11.5 Å². The van der Waals surface area contributed by atoms with Gasteiger partial charge in [0.05, 0.1) is 19.3 Å². The summed E-state index contributed by atoms with van der Waals surface area (Å²) in [5.74, 6) is 1.72. The predicted molar refractivity (Wildman–Crippen MR) is 84.0 cm³/mol. The molecule has 1 saturated heterocycles. The fraction of sp³-hybridized carbons (Fsp3) is 0.529. The molecule has 0 amide bonds. The summed E-state index contributed by atoms with van der Waals surface area (Å²) in [6.07, 6.45) is 3.32. The van der Waals surface area contributed by atoms with Crippen molar-refractivity contribution in [2.45, 2.75) is 13.0 Å². The summed E-state index contributed by atoms with van der Waals surface area (Å²) in [6.45, 7) is 6.71. The second-order valence-electron chi connectivity index (χ2n) is 5.85. The summed E-state index contributed by atoms with van der Waals surface area (Å²) >= 11 is 0. The van der Waals surface area contributed by atoms with Crippen LogP contribution in [0.15, 0.2) is 24.3 Å². The Bertz CT molecular complexity index is 525. The maximum atomic E-state index is 10.3. The third-order valence-corrected chi connectivity index (χ3v) is 4.12. The van der Waals surface area contributed by atoms with Gasteiger partial charge >= 0.3 is 0 Å². The molecule has 0 aromatic heterocycles. The van der Waals surface area contributed by atoms with Crippen LogP contribution in [0.3, 0.4) is 0 Å². The zero-order chi connectivity index (χ0) is 15.4. The van der Waals surface area contributed by atoms with Crippen LogP contribution in [-0.4, -0.2) is 55.8 Å². The Balaban J connectivity index is 1.54. The van der Waals surface area contributed by atoms with Crippen LogP contribution in [0.25, 0.3) is 6.08 Å². The zero-order valence-corrected chi connectivity index (χ0v) is 12.9. The van der Waals surface area contributed by atoms with E-state index in [2.05, 4.69) is 11.8 Å². The van der Waals surface area contributed by atoms with E-state index in [0.717, 1.165) is 49.9 Å². The molecule has 0 saturated carbocycles. The number of aliphatic hydroxyl groups is 1. The summed E-state index contributed by atoms with van der Waals surface area (Å²) in [4.78, 5) is 2.34. The number of morpholine rings is 1. The van der Waals surface area contributed by atoms with Crippen LogP contribution in [0.1, 0.15) is 12.5 Å². The molecule has 5 nitrogen and oxygen atoms in total. The molecule has 2 heterocycles. The van der Waals surface area contributed by atoms with E-state index in [1.807, 2.05) is 30.4 Å². The van der Waals surface area contributed by atoms with Gasteiger partial charge in [0.2, 0.25) is 6.79 Å². The van der Waals surface area contributed by atoms with E-state index in [-0.39, 0.29) is 12.7 Å². The van der Waals surface area contributed by atoms with Crippen molar-refractivity contribution < 1.29 is 19.3 Å². The minimum absolute atomic E-state index is 0.184. The number of nitrogens with zero attached hydrogens (tertiary/aromatic N) is 1. The molecule has 0 aliphatic carbocycles. The first-order chi connectivity index (χ1) is 10.7. The Morgan fingerprint density at radius 2 is 2.00 bits per heavy atom. The van der Waals surface area contributed by atoms with Crippen molar-refractivity contribution in [2.75, 3.05) is 39.6 Å². The average Bonchev–Trinajstić information content (AvgIpc) is 3.01. The van der Waals surface area contributed by atoms with Gasteiger partial charge in [-0.05, 0) is 23.6 Å². The van der Waals surface area contributed by atoms with Gasteiger partial charge in [-0.1, -0.05) is 25.1 Å². The van der Waals surface area contributed by atoms with Crippen molar-refractivity contribution >= 4 is 6.08 Å². The molecule has 1 aromatic carbocycles. The van der Waals surface area contributed by atoms with Crippen molar-refractivity contribution in [3.8, 4) is 11.5 Å². The number of ether oxygens (including phenoxy) is 3. The van der Waals surface area contributed by atoms with Gasteiger partial charge in [0, 0.05) is 19.6 Å². The summed E-state index contributed by atoms with van der Waals surface area (Å²) in [5, 5.41) is 10.3. The maximum absolute atomic E-state index is 10.3. The second kappa shape index (κ2) is 7.13. The number of hydrogen-bond donors (Lipinski definition) is 1. The molecule has 0 spiro atoms. The molecular weight excluding hydrogens is 282 g/mol. The molecule has 0 bridgehead atoms.